The van der Waals surface area contributed by atoms with Crippen LogP contribution in [0.4, 0.5) is 0 Å². The highest BCUT2D eigenvalue weighted by Gasteiger charge is 2.13. The van der Waals surface area contributed by atoms with Crippen molar-refractivity contribution in [3.8, 4) is 0 Å². The smallest absolute Gasteiger partial charge is 0.120 e. The van der Waals surface area contributed by atoms with Gasteiger partial charge in [0.2, 0.25) is 0 Å². The molecule has 0 aromatic heterocycles. The summed E-state index contributed by atoms with van der Waals surface area (Å²) in [6, 6.07) is 0. The molecule has 0 atom stereocenters. The third kappa shape index (κ3) is 5.25. The van der Waals surface area contributed by atoms with E-state index in [-0.39, 0.29) is 12.0 Å². The first-order valence-electron chi connectivity index (χ1n) is 4.26. The van der Waals surface area contributed by atoms with Crippen molar-refractivity contribution >= 4 is 5.84 Å². The zero-order chi connectivity index (χ0) is 10.5. The van der Waals surface area contributed by atoms with Crippen LogP contribution in [0, 0.1) is 5.41 Å². The zero-order valence-electron chi connectivity index (χ0n) is 8.54. The molecule has 0 aliphatic carbocycles. The Morgan fingerprint density at radius 2 is 1.92 bits per heavy atom. The van der Waals surface area contributed by atoms with Crippen LogP contribution in [0.2, 0.25) is 0 Å². The van der Waals surface area contributed by atoms with Crippen LogP contribution in [0.3, 0.4) is 0 Å². The van der Waals surface area contributed by atoms with Crippen LogP contribution < -0.4 is 11.5 Å². The summed E-state index contributed by atoms with van der Waals surface area (Å²) in [5.74, 6) is 0.362. The maximum absolute atomic E-state index is 8.49. The highest BCUT2D eigenvalue weighted by Crippen LogP contribution is 2.19. The zero-order valence-corrected chi connectivity index (χ0v) is 8.54. The van der Waals surface area contributed by atoms with E-state index in [2.05, 4.69) is 4.99 Å². The van der Waals surface area contributed by atoms with Gasteiger partial charge >= 0.3 is 0 Å². The summed E-state index contributed by atoms with van der Waals surface area (Å²) in [4.78, 5) is 3.88. The second-order valence-corrected chi connectivity index (χ2v) is 3.88. The van der Waals surface area contributed by atoms with E-state index < -0.39 is 0 Å². The van der Waals surface area contributed by atoms with E-state index in [0.29, 0.717) is 18.1 Å². The van der Waals surface area contributed by atoms with Gasteiger partial charge in [0.1, 0.15) is 5.84 Å². The Hall–Kier alpha value is -1.03. The third-order valence-corrected chi connectivity index (χ3v) is 1.56. The Morgan fingerprint density at radius 3 is 2.31 bits per heavy atom. The van der Waals surface area contributed by atoms with E-state index in [4.69, 9.17) is 16.6 Å². The molecule has 5 N–H and O–H groups in total. The molecule has 0 spiro atoms. The van der Waals surface area contributed by atoms with Gasteiger partial charge < -0.3 is 16.6 Å². The first-order chi connectivity index (χ1) is 5.88. The first-order valence-corrected chi connectivity index (χ1v) is 4.26. The van der Waals surface area contributed by atoms with E-state index in [1.165, 1.54) is 0 Å². The molecule has 0 aromatic rings. The van der Waals surface area contributed by atoms with E-state index >= 15 is 0 Å². The van der Waals surface area contributed by atoms with Gasteiger partial charge in [-0.25, -0.2) is 0 Å². The number of hydrogen-bond acceptors (Lipinski definition) is 3. The van der Waals surface area contributed by atoms with Crippen molar-refractivity contribution < 1.29 is 5.11 Å². The average molecular weight is 185 g/mol. The Balaban J connectivity index is 4.39. The number of aliphatic imine (C=N–C) groups is 1. The largest absolute Gasteiger partial charge is 0.401 e. The Labute approximate surface area is 79.3 Å². The molecule has 0 saturated heterocycles. The van der Waals surface area contributed by atoms with Gasteiger partial charge in [0.15, 0.2) is 0 Å². The molecule has 0 fully saturated rings. The first kappa shape index (κ1) is 12.0. The predicted molar refractivity (Wildman–Crippen MR) is 55.3 cm³/mol. The Kier molecular flexibility index (Phi) is 4.48. The van der Waals surface area contributed by atoms with Gasteiger partial charge in [-0.05, 0) is 6.08 Å². The molecule has 0 unspecified atom stereocenters. The van der Waals surface area contributed by atoms with E-state index in [0.717, 1.165) is 0 Å². The summed E-state index contributed by atoms with van der Waals surface area (Å²) in [6.45, 7) is 6.32. The molecule has 76 valence electrons. The molecule has 0 heterocycles. The fraction of sp³-hybridized carbons (Fsp3) is 0.667. The number of hydrogen-bond donors (Lipinski definition) is 3. The minimum Gasteiger partial charge on any atom is -0.401 e. The summed E-state index contributed by atoms with van der Waals surface area (Å²) >= 11 is 0. The second kappa shape index (κ2) is 4.87. The van der Waals surface area contributed by atoms with Crippen molar-refractivity contribution in [2.24, 2.45) is 21.9 Å². The van der Waals surface area contributed by atoms with Gasteiger partial charge in [0.05, 0.1) is 13.2 Å². The molecule has 13 heavy (non-hydrogen) atoms. The maximum atomic E-state index is 8.49. The van der Waals surface area contributed by atoms with Crippen molar-refractivity contribution in [1.82, 2.24) is 0 Å². The van der Waals surface area contributed by atoms with Gasteiger partial charge in [0, 0.05) is 11.1 Å². The van der Waals surface area contributed by atoms with Crippen molar-refractivity contribution in [1.29, 1.82) is 0 Å². The highest BCUT2D eigenvalue weighted by molar-refractivity contribution is 5.92. The molecular weight excluding hydrogens is 166 g/mol. The molecule has 0 saturated carbocycles. The lowest BCUT2D eigenvalue weighted by molar-refractivity contribution is 0.307. The van der Waals surface area contributed by atoms with Gasteiger partial charge in [0.25, 0.3) is 0 Å². The number of amidine groups is 1. The monoisotopic (exact) mass is 185 g/mol. The number of aliphatic hydroxyl groups is 1. The summed E-state index contributed by atoms with van der Waals surface area (Å²) in [7, 11) is 0. The normalized spacial score (nSPS) is 14.8. The molecule has 0 aliphatic rings. The standard InChI is InChI=1S/C9H19N3O/c1-9(2,3)7(10)6-8(11)12-4-5-13/h6,13H,4-5,10H2,1-3H3,(H2,11,12)/b7-6-. The molecule has 4 nitrogen and oxygen atoms in total. The lowest BCUT2D eigenvalue weighted by Crippen LogP contribution is -2.21. The number of nitrogens with two attached hydrogens (primary N) is 2. The minimum atomic E-state index is -0.0979. The quantitative estimate of drug-likeness (QED) is 0.434. The molecule has 0 aromatic carbocycles. The third-order valence-electron chi connectivity index (χ3n) is 1.56. The predicted octanol–water partition coefficient (Wildman–Crippen LogP) is 0.225. The fourth-order valence-corrected chi connectivity index (χ4v) is 0.601. The molecular formula is C9H19N3O. The fourth-order valence-electron chi connectivity index (χ4n) is 0.601. The van der Waals surface area contributed by atoms with Crippen LogP contribution in [0.25, 0.3) is 0 Å². The van der Waals surface area contributed by atoms with Gasteiger partial charge in [-0.1, -0.05) is 20.8 Å². The average Bonchev–Trinajstić information content (AvgIpc) is 1.99. The Bertz CT molecular complexity index is 213. The van der Waals surface area contributed by atoms with E-state index in [1.54, 1.807) is 6.08 Å². The van der Waals surface area contributed by atoms with Crippen molar-refractivity contribution in [3.63, 3.8) is 0 Å². The number of aliphatic hydroxyl groups excluding tert-OH is 1. The van der Waals surface area contributed by atoms with E-state index in [9.17, 15) is 0 Å². The number of rotatable bonds is 3. The minimum absolute atomic E-state index is 0.00393. The molecule has 0 amide bonds. The second-order valence-electron chi connectivity index (χ2n) is 3.88. The lowest BCUT2D eigenvalue weighted by Gasteiger charge is -2.18. The molecule has 0 aliphatic heterocycles. The van der Waals surface area contributed by atoms with Crippen LogP contribution in [-0.2, 0) is 0 Å². The van der Waals surface area contributed by atoms with Crippen LogP contribution >= 0.6 is 0 Å². The maximum Gasteiger partial charge on any atom is 0.120 e. The molecule has 0 radical (unpaired) electrons. The number of allylic oxidation sites excluding steroid dienone is 1. The molecule has 4 heteroatoms. The van der Waals surface area contributed by atoms with Crippen molar-refractivity contribution in [3.05, 3.63) is 11.8 Å². The van der Waals surface area contributed by atoms with Gasteiger partial charge in [-0.3, -0.25) is 4.99 Å². The lowest BCUT2D eigenvalue weighted by atomic mass is 9.92. The summed E-state index contributed by atoms with van der Waals surface area (Å²) < 4.78 is 0. The van der Waals surface area contributed by atoms with Crippen LogP contribution in [-0.4, -0.2) is 24.1 Å². The number of nitrogens with zero attached hydrogens (tertiary/aromatic N) is 1. The van der Waals surface area contributed by atoms with Crippen LogP contribution in [0.5, 0.6) is 0 Å². The summed E-state index contributed by atoms with van der Waals surface area (Å²) in [5.41, 5.74) is 11.9. The Morgan fingerprint density at radius 1 is 1.38 bits per heavy atom. The van der Waals surface area contributed by atoms with Crippen LogP contribution in [0.1, 0.15) is 20.8 Å². The van der Waals surface area contributed by atoms with Gasteiger partial charge in [-0.15, -0.1) is 0 Å². The van der Waals surface area contributed by atoms with Crippen LogP contribution in [0.15, 0.2) is 16.8 Å². The van der Waals surface area contributed by atoms with Crippen molar-refractivity contribution in [2.75, 3.05) is 13.2 Å². The van der Waals surface area contributed by atoms with Gasteiger partial charge in [-0.2, -0.15) is 0 Å². The summed E-state index contributed by atoms with van der Waals surface area (Å²) in [5, 5.41) is 8.49. The summed E-state index contributed by atoms with van der Waals surface area (Å²) in [6.07, 6.45) is 1.63. The van der Waals surface area contributed by atoms with E-state index in [1.807, 2.05) is 20.8 Å². The topological polar surface area (TPSA) is 84.6 Å². The molecule has 0 bridgehead atoms. The highest BCUT2D eigenvalue weighted by atomic mass is 16.3. The SMILES string of the molecule is CC(C)(C)/C(N)=C/C(N)=NCCO. The molecule has 0 rings (SSSR count). The van der Waals surface area contributed by atoms with Crippen molar-refractivity contribution in [2.45, 2.75) is 20.8 Å².